The van der Waals surface area contributed by atoms with Crippen LogP contribution in [0, 0.1) is 6.92 Å². The lowest BCUT2D eigenvalue weighted by molar-refractivity contribution is -0.116. The number of ether oxygens (including phenoxy) is 1. The van der Waals surface area contributed by atoms with Crippen LogP contribution in [0.2, 0.25) is 10.0 Å². The molecule has 276 valence electrons. The van der Waals surface area contributed by atoms with Gasteiger partial charge in [-0.15, -0.1) is 23.1 Å². The maximum Gasteiger partial charge on any atom is 0.341 e. The minimum absolute atomic E-state index is 0.0821. The van der Waals surface area contributed by atoms with Gasteiger partial charge in [0.05, 0.1) is 32.8 Å². The Hall–Kier alpha value is -5.40. The fourth-order valence-corrected chi connectivity index (χ4v) is 7.60. The number of benzene rings is 4. The van der Waals surface area contributed by atoms with Crippen molar-refractivity contribution in [1.29, 1.82) is 0 Å². The van der Waals surface area contributed by atoms with Gasteiger partial charge in [-0.25, -0.2) is 4.79 Å². The van der Waals surface area contributed by atoms with Crippen molar-refractivity contribution in [1.82, 2.24) is 5.32 Å². The number of amides is 4. The minimum Gasteiger partial charge on any atom is -0.465 e. The molecule has 14 heteroatoms. The molecule has 0 saturated carbocycles. The maximum absolute atomic E-state index is 13.7. The smallest absolute Gasteiger partial charge is 0.341 e. The number of carbonyl (C=O) groups is 5. The second kappa shape index (κ2) is 18.6. The van der Waals surface area contributed by atoms with Crippen LogP contribution in [0.4, 0.5) is 16.4 Å². The number of halogens is 2. The van der Waals surface area contributed by atoms with Gasteiger partial charge < -0.3 is 26.0 Å². The molecule has 0 saturated heterocycles. The summed E-state index contributed by atoms with van der Waals surface area (Å²) in [5, 5.41) is 11.2. The van der Waals surface area contributed by atoms with E-state index in [2.05, 4.69) is 21.3 Å². The van der Waals surface area contributed by atoms with Gasteiger partial charge in [0.15, 0.2) is 0 Å². The highest BCUT2D eigenvalue weighted by Gasteiger charge is 2.28. The summed E-state index contributed by atoms with van der Waals surface area (Å²) >= 11 is 14.8. The number of thiophene rings is 1. The van der Waals surface area contributed by atoms with E-state index in [-0.39, 0.29) is 31.2 Å². The number of hydrogen-bond acceptors (Lipinski definition) is 8. The number of para-hydroxylation sites is 1. The largest absolute Gasteiger partial charge is 0.465 e. The van der Waals surface area contributed by atoms with Crippen LogP contribution in [0.5, 0.6) is 0 Å². The molecule has 1 atom stereocenters. The Bertz CT molecular complexity index is 2230. The molecule has 0 fully saturated rings. The normalized spacial score (nSPS) is 11.6. The van der Waals surface area contributed by atoms with E-state index >= 15 is 0 Å². The second-order valence-electron chi connectivity index (χ2n) is 11.6. The highest BCUT2D eigenvalue weighted by atomic mass is 35.5. The van der Waals surface area contributed by atoms with Crippen molar-refractivity contribution >= 4 is 98.4 Å². The molecule has 0 aliphatic carbocycles. The van der Waals surface area contributed by atoms with Gasteiger partial charge in [0.25, 0.3) is 17.7 Å². The highest BCUT2D eigenvalue weighted by Crippen LogP contribution is 2.36. The molecule has 1 unspecified atom stereocenters. The first-order chi connectivity index (χ1) is 26.0. The topological polar surface area (TPSA) is 143 Å². The zero-order valence-electron chi connectivity index (χ0n) is 29.2. The molecular formula is C40H34Cl2N4O6S2. The zero-order chi connectivity index (χ0) is 38.8. The summed E-state index contributed by atoms with van der Waals surface area (Å²) < 4.78 is 4.99. The lowest BCUT2D eigenvalue weighted by atomic mass is 10.1. The third kappa shape index (κ3) is 9.97. The van der Waals surface area contributed by atoms with Gasteiger partial charge in [0.2, 0.25) is 5.91 Å². The number of methoxy groups -OCH3 is 1. The lowest BCUT2D eigenvalue weighted by Crippen LogP contribution is -2.30. The standard InChI is InChI=1S/C40H34Cl2N4O6S2/c1-4-31(37(49)46-39-32(40(51)52-3)23(2)34(54-39)38(50)43-26-16-9-6-10-17-26)53-28-19-12-18-27(22-28)44-36(48)30(21-25-15-11-20-29(41)33(25)42)45-35(47)24-13-7-5-8-14-24/h5-22,31H,4H2,1-3H3,(H,43,50)(H,44,48)(H,45,47)(H,46,49)/b30-21+. The van der Waals surface area contributed by atoms with Crippen LogP contribution >= 0.6 is 46.3 Å². The maximum atomic E-state index is 13.7. The van der Waals surface area contributed by atoms with Crippen LogP contribution in [0.1, 0.15) is 54.9 Å². The van der Waals surface area contributed by atoms with E-state index in [0.717, 1.165) is 11.3 Å². The third-order valence-electron chi connectivity index (χ3n) is 7.85. The van der Waals surface area contributed by atoms with E-state index in [0.29, 0.717) is 39.4 Å². The van der Waals surface area contributed by atoms with Gasteiger partial charge in [-0.1, -0.05) is 84.7 Å². The van der Waals surface area contributed by atoms with Crippen molar-refractivity contribution in [3.8, 4) is 0 Å². The molecule has 10 nitrogen and oxygen atoms in total. The van der Waals surface area contributed by atoms with Gasteiger partial charge in [-0.2, -0.15) is 0 Å². The first-order valence-electron chi connectivity index (χ1n) is 16.5. The third-order valence-corrected chi connectivity index (χ3v) is 11.3. The van der Waals surface area contributed by atoms with Crippen molar-refractivity contribution in [2.24, 2.45) is 0 Å². The summed E-state index contributed by atoms with van der Waals surface area (Å²) in [6, 6.07) is 29.1. The van der Waals surface area contributed by atoms with Crippen LogP contribution < -0.4 is 21.3 Å². The Balaban J connectivity index is 1.34. The highest BCUT2D eigenvalue weighted by molar-refractivity contribution is 8.00. The average Bonchev–Trinajstić information content (AvgIpc) is 3.50. The van der Waals surface area contributed by atoms with Gasteiger partial charge >= 0.3 is 5.97 Å². The van der Waals surface area contributed by atoms with Gasteiger partial charge in [0.1, 0.15) is 10.7 Å². The quantitative estimate of drug-likeness (QED) is 0.0528. The summed E-state index contributed by atoms with van der Waals surface area (Å²) in [5.74, 6) is -2.64. The van der Waals surface area contributed by atoms with Crippen LogP contribution in [-0.4, -0.2) is 42.0 Å². The molecule has 54 heavy (non-hydrogen) atoms. The average molecular weight is 802 g/mol. The predicted octanol–water partition coefficient (Wildman–Crippen LogP) is 9.32. The molecule has 0 bridgehead atoms. The summed E-state index contributed by atoms with van der Waals surface area (Å²) in [6.45, 7) is 3.47. The van der Waals surface area contributed by atoms with Crippen molar-refractivity contribution < 1.29 is 28.7 Å². The van der Waals surface area contributed by atoms with E-state index < -0.39 is 34.8 Å². The number of nitrogens with one attached hydrogen (secondary N) is 4. The molecule has 0 radical (unpaired) electrons. The minimum atomic E-state index is -0.687. The molecule has 0 aliphatic heterocycles. The van der Waals surface area contributed by atoms with Gasteiger partial charge in [-0.05, 0) is 79.1 Å². The molecule has 4 aromatic carbocycles. The van der Waals surface area contributed by atoms with Crippen molar-refractivity contribution in [2.45, 2.75) is 30.4 Å². The second-order valence-corrected chi connectivity index (χ2v) is 14.7. The number of anilines is 3. The number of rotatable bonds is 13. The van der Waals surface area contributed by atoms with Crippen LogP contribution in [-0.2, 0) is 14.3 Å². The molecule has 4 N–H and O–H groups in total. The molecule has 0 spiro atoms. The van der Waals surface area contributed by atoms with Gasteiger partial charge in [0, 0.05) is 21.8 Å². The van der Waals surface area contributed by atoms with Crippen LogP contribution in [0.15, 0.2) is 114 Å². The fourth-order valence-electron chi connectivity index (χ4n) is 5.13. The van der Waals surface area contributed by atoms with E-state index in [1.54, 1.807) is 104 Å². The van der Waals surface area contributed by atoms with Crippen LogP contribution in [0.3, 0.4) is 0 Å². The van der Waals surface area contributed by atoms with E-state index in [9.17, 15) is 24.0 Å². The Morgan fingerprint density at radius 2 is 1.48 bits per heavy atom. The van der Waals surface area contributed by atoms with E-state index in [1.807, 2.05) is 13.0 Å². The Morgan fingerprint density at radius 3 is 2.17 bits per heavy atom. The SMILES string of the molecule is CCC(Sc1cccc(NC(=O)/C(=C\c2cccc(Cl)c2Cl)NC(=O)c2ccccc2)c1)C(=O)Nc1sc(C(=O)Nc2ccccc2)c(C)c1C(=O)OC. The first kappa shape index (κ1) is 39.8. The van der Waals surface area contributed by atoms with E-state index in [1.165, 1.54) is 24.9 Å². The molecule has 1 aromatic heterocycles. The summed E-state index contributed by atoms with van der Waals surface area (Å²) in [7, 11) is 1.23. The van der Waals surface area contributed by atoms with Crippen molar-refractivity contribution in [2.75, 3.05) is 23.1 Å². The summed E-state index contributed by atoms with van der Waals surface area (Å²) in [4.78, 5) is 67.3. The predicted molar refractivity (Wildman–Crippen MR) is 217 cm³/mol. The monoisotopic (exact) mass is 800 g/mol. The first-order valence-corrected chi connectivity index (χ1v) is 18.9. The van der Waals surface area contributed by atoms with E-state index in [4.69, 9.17) is 27.9 Å². The summed E-state index contributed by atoms with van der Waals surface area (Å²) in [6.07, 6.45) is 1.84. The number of carbonyl (C=O) groups excluding carboxylic acids is 5. The Kier molecular flexibility index (Phi) is 13.7. The molecule has 4 amide bonds. The summed E-state index contributed by atoms with van der Waals surface area (Å²) in [5.41, 5.74) is 2.14. The number of esters is 1. The molecule has 0 aliphatic rings. The number of hydrogen-bond donors (Lipinski definition) is 4. The molecule has 5 rings (SSSR count). The fraction of sp³-hybridized carbons (Fsp3) is 0.125. The molecule has 1 heterocycles. The molecular weight excluding hydrogens is 768 g/mol. The molecule has 5 aromatic rings. The Morgan fingerprint density at radius 1 is 0.815 bits per heavy atom. The number of thioether (sulfide) groups is 1. The zero-order valence-corrected chi connectivity index (χ0v) is 32.3. The lowest BCUT2D eigenvalue weighted by Gasteiger charge is -2.16. The van der Waals surface area contributed by atoms with Crippen molar-refractivity contribution in [3.05, 3.63) is 146 Å². The van der Waals surface area contributed by atoms with Crippen molar-refractivity contribution in [3.63, 3.8) is 0 Å². The Labute approximate surface area is 330 Å². The van der Waals surface area contributed by atoms with Gasteiger partial charge in [-0.3, -0.25) is 19.2 Å². The van der Waals surface area contributed by atoms with Crippen LogP contribution in [0.25, 0.3) is 6.08 Å².